The number of carbonyl (C=O) groups is 1. The summed E-state index contributed by atoms with van der Waals surface area (Å²) < 4.78 is 5.69. The highest BCUT2D eigenvalue weighted by Gasteiger charge is 2.02. The first kappa shape index (κ1) is 15.4. The monoisotopic (exact) mass is 304 g/mol. The van der Waals surface area contributed by atoms with E-state index in [1.165, 1.54) is 0 Å². The summed E-state index contributed by atoms with van der Waals surface area (Å²) in [4.78, 5) is 11.1. The van der Waals surface area contributed by atoms with Crippen LogP contribution in [0.25, 0.3) is 0 Å². The van der Waals surface area contributed by atoms with Gasteiger partial charge in [0.2, 0.25) is 5.91 Å². The van der Waals surface area contributed by atoms with Gasteiger partial charge in [0, 0.05) is 17.0 Å². The van der Waals surface area contributed by atoms with Crippen molar-refractivity contribution in [2.24, 2.45) is 5.84 Å². The van der Waals surface area contributed by atoms with Crippen molar-refractivity contribution in [3.8, 4) is 5.75 Å². The van der Waals surface area contributed by atoms with Crippen LogP contribution in [0.15, 0.2) is 48.5 Å². The molecule has 0 radical (unpaired) electrons. The van der Waals surface area contributed by atoms with Crippen molar-refractivity contribution in [1.82, 2.24) is 5.43 Å². The van der Waals surface area contributed by atoms with Gasteiger partial charge in [-0.2, -0.15) is 0 Å². The highest BCUT2D eigenvalue weighted by atomic mass is 35.5. The summed E-state index contributed by atoms with van der Waals surface area (Å²) in [5.74, 6) is 5.63. The number of benzene rings is 2. The number of rotatable bonds is 6. The number of nitrogens with one attached hydrogen (secondary N) is 1. The van der Waals surface area contributed by atoms with Crippen LogP contribution in [0.2, 0.25) is 5.02 Å². The molecule has 3 N–H and O–H groups in total. The van der Waals surface area contributed by atoms with E-state index in [1.807, 2.05) is 48.5 Å². The number of carbonyl (C=O) groups excluding carboxylic acids is 1. The Balaban J connectivity index is 1.88. The molecule has 0 aromatic heterocycles. The van der Waals surface area contributed by atoms with Gasteiger partial charge in [0.25, 0.3) is 0 Å². The highest BCUT2D eigenvalue weighted by molar-refractivity contribution is 6.31. The van der Waals surface area contributed by atoms with Crippen molar-refractivity contribution in [2.75, 3.05) is 0 Å². The normalized spacial score (nSPS) is 10.2. The number of halogens is 1. The Hall–Kier alpha value is -2.04. The predicted molar refractivity (Wildman–Crippen MR) is 82.9 cm³/mol. The molecule has 0 heterocycles. The summed E-state index contributed by atoms with van der Waals surface area (Å²) in [5, 5.41) is 0.696. The van der Waals surface area contributed by atoms with Gasteiger partial charge in [0.05, 0.1) is 0 Å². The lowest BCUT2D eigenvalue weighted by molar-refractivity contribution is -0.121. The molecule has 21 heavy (non-hydrogen) atoms. The lowest BCUT2D eigenvalue weighted by Gasteiger charge is -2.08. The van der Waals surface area contributed by atoms with Crippen LogP contribution in [-0.4, -0.2) is 5.91 Å². The Morgan fingerprint density at radius 3 is 2.52 bits per heavy atom. The molecule has 4 nitrogen and oxygen atoms in total. The first-order valence-corrected chi connectivity index (χ1v) is 7.01. The average Bonchev–Trinajstić information content (AvgIpc) is 2.53. The number of amides is 1. The maximum absolute atomic E-state index is 11.1. The number of hydrogen-bond acceptors (Lipinski definition) is 3. The van der Waals surface area contributed by atoms with Gasteiger partial charge in [0.15, 0.2) is 0 Å². The van der Waals surface area contributed by atoms with Crippen molar-refractivity contribution in [2.45, 2.75) is 19.4 Å². The fraction of sp³-hybridized carbons (Fsp3) is 0.188. The number of nitrogens with two attached hydrogens (primary N) is 1. The van der Waals surface area contributed by atoms with Crippen molar-refractivity contribution >= 4 is 17.5 Å². The highest BCUT2D eigenvalue weighted by Crippen LogP contribution is 2.19. The molecule has 1 amide bonds. The SMILES string of the molecule is NNC(=O)CCc1ccc(OCc2ccccc2Cl)cc1. The Morgan fingerprint density at radius 2 is 1.86 bits per heavy atom. The molecule has 110 valence electrons. The average molecular weight is 305 g/mol. The summed E-state index contributed by atoms with van der Waals surface area (Å²) in [7, 11) is 0. The first-order valence-electron chi connectivity index (χ1n) is 6.63. The molecule has 2 rings (SSSR count). The molecule has 0 aliphatic rings. The number of hydrazine groups is 1. The molecule has 0 aliphatic carbocycles. The smallest absolute Gasteiger partial charge is 0.234 e. The molecule has 0 saturated heterocycles. The zero-order chi connectivity index (χ0) is 15.1. The van der Waals surface area contributed by atoms with E-state index in [9.17, 15) is 4.79 Å². The van der Waals surface area contributed by atoms with Crippen LogP contribution >= 0.6 is 11.6 Å². The quantitative estimate of drug-likeness (QED) is 0.490. The van der Waals surface area contributed by atoms with E-state index in [2.05, 4.69) is 5.43 Å². The van der Waals surface area contributed by atoms with Crippen LogP contribution in [-0.2, 0) is 17.8 Å². The van der Waals surface area contributed by atoms with Gasteiger partial charge in [-0.1, -0.05) is 41.9 Å². The minimum Gasteiger partial charge on any atom is -0.489 e. The number of aryl methyl sites for hydroxylation is 1. The van der Waals surface area contributed by atoms with Gasteiger partial charge >= 0.3 is 0 Å². The number of hydrogen-bond donors (Lipinski definition) is 2. The maximum Gasteiger partial charge on any atom is 0.234 e. The molecule has 0 fully saturated rings. The minimum absolute atomic E-state index is 0.172. The molecular weight excluding hydrogens is 288 g/mol. The van der Waals surface area contributed by atoms with E-state index in [-0.39, 0.29) is 5.91 Å². The Bertz CT molecular complexity index is 599. The molecule has 0 saturated carbocycles. The van der Waals surface area contributed by atoms with E-state index < -0.39 is 0 Å². The van der Waals surface area contributed by atoms with Crippen LogP contribution in [0, 0.1) is 0 Å². The van der Waals surface area contributed by atoms with Gasteiger partial charge in [-0.25, -0.2) is 5.84 Å². The van der Waals surface area contributed by atoms with Crippen molar-refractivity contribution in [1.29, 1.82) is 0 Å². The molecule has 0 bridgehead atoms. The Kier molecular flexibility index (Phi) is 5.60. The van der Waals surface area contributed by atoms with Crippen molar-refractivity contribution in [3.63, 3.8) is 0 Å². The van der Waals surface area contributed by atoms with Gasteiger partial charge < -0.3 is 4.74 Å². The third-order valence-electron chi connectivity index (χ3n) is 3.08. The molecule has 0 spiro atoms. The van der Waals surface area contributed by atoms with Crippen LogP contribution in [0.1, 0.15) is 17.5 Å². The molecule has 0 unspecified atom stereocenters. The topological polar surface area (TPSA) is 64.3 Å². The fourth-order valence-electron chi connectivity index (χ4n) is 1.86. The summed E-state index contributed by atoms with van der Waals surface area (Å²) >= 11 is 6.07. The van der Waals surface area contributed by atoms with Gasteiger partial charge in [0.1, 0.15) is 12.4 Å². The van der Waals surface area contributed by atoms with Gasteiger partial charge in [-0.3, -0.25) is 10.2 Å². The van der Waals surface area contributed by atoms with E-state index in [0.29, 0.717) is 24.5 Å². The molecule has 0 atom stereocenters. The summed E-state index contributed by atoms with van der Waals surface area (Å²) in [5.41, 5.74) is 4.12. The van der Waals surface area contributed by atoms with E-state index in [0.717, 1.165) is 16.9 Å². The van der Waals surface area contributed by atoms with Crippen LogP contribution < -0.4 is 16.0 Å². The second-order valence-electron chi connectivity index (χ2n) is 4.59. The van der Waals surface area contributed by atoms with E-state index >= 15 is 0 Å². The lowest BCUT2D eigenvalue weighted by atomic mass is 10.1. The van der Waals surface area contributed by atoms with Gasteiger partial charge in [-0.05, 0) is 30.2 Å². The maximum atomic E-state index is 11.1. The molecular formula is C16H17ClN2O2. The van der Waals surface area contributed by atoms with Crippen LogP contribution in [0.5, 0.6) is 5.75 Å². The van der Waals surface area contributed by atoms with Crippen molar-refractivity contribution in [3.05, 3.63) is 64.7 Å². The van der Waals surface area contributed by atoms with Crippen molar-refractivity contribution < 1.29 is 9.53 Å². The lowest BCUT2D eigenvalue weighted by Crippen LogP contribution is -2.30. The molecule has 0 aliphatic heterocycles. The molecule has 2 aromatic carbocycles. The zero-order valence-corrected chi connectivity index (χ0v) is 12.3. The third kappa shape index (κ3) is 4.77. The van der Waals surface area contributed by atoms with Gasteiger partial charge in [-0.15, -0.1) is 0 Å². The summed E-state index contributed by atoms with van der Waals surface area (Å²) in [6.45, 7) is 0.425. The summed E-state index contributed by atoms with van der Waals surface area (Å²) in [6.07, 6.45) is 1.02. The molecule has 5 heteroatoms. The fourth-order valence-corrected chi connectivity index (χ4v) is 2.05. The standard InChI is InChI=1S/C16H17ClN2O2/c17-15-4-2-1-3-13(15)11-21-14-8-5-12(6-9-14)7-10-16(20)19-18/h1-6,8-9H,7,10-11,18H2,(H,19,20). The van der Waals surface area contributed by atoms with Crippen LogP contribution in [0.3, 0.4) is 0 Å². The first-order chi connectivity index (χ1) is 10.2. The Labute approximate surface area is 128 Å². The Morgan fingerprint density at radius 1 is 1.14 bits per heavy atom. The second-order valence-corrected chi connectivity index (χ2v) is 5.00. The van der Waals surface area contributed by atoms with E-state index in [1.54, 1.807) is 0 Å². The summed E-state index contributed by atoms with van der Waals surface area (Å²) in [6, 6.07) is 15.2. The van der Waals surface area contributed by atoms with E-state index in [4.69, 9.17) is 22.2 Å². The minimum atomic E-state index is -0.172. The largest absolute Gasteiger partial charge is 0.489 e. The zero-order valence-electron chi connectivity index (χ0n) is 11.5. The second kappa shape index (κ2) is 7.67. The third-order valence-corrected chi connectivity index (χ3v) is 3.45. The number of ether oxygens (including phenoxy) is 1. The molecule has 2 aromatic rings. The predicted octanol–water partition coefficient (Wildman–Crippen LogP) is 2.84. The van der Waals surface area contributed by atoms with Crippen LogP contribution in [0.4, 0.5) is 0 Å².